The van der Waals surface area contributed by atoms with Crippen LogP contribution < -0.4 is 10.3 Å². The highest BCUT2D eigenvalue weighted by Crippen LogP contribution is 2.30. The molecule has 0 unspecified atom stereocenters. The number of hydrogen-bond donors (Lipinski definition) is 1. The van der Waals surface area contributed by atoms with Crippen molar-refractivity contribution in [1.29, 1.82) is 5.26 Å². The van der Waals surface area contributed by atoms with Crippen LogP contribution in [0.4, 0.5) is 8.78 Å². The number of H-pyrrole nitrogens is 1. The Morgan fingerprint density at radius 1 is 1.25 bits per heavy atom. The van der Waals surface area contributed by atoms with Gasteiger partial charge in [0, 0.05) is 16.8 Å². The Bertz CT molecular complexity index is 776. The number of rotatable bonds is 2. The van der Waals surface area contributed by atoms with Crippen molar-refractivity contribution in [3.63, 3.8) is 0 Å². The number of nitriles is 1. The maximum atomic E-state index is 14.0. The number of aromatic amines is 1. The van der Waals surface area contributed by atoms with Gasteiger partial charge in [-0.2, -0.15) is 9.65 Å². The summed E-state index contributed by atoms with van der Waals surface area (Å²) in [4.78, 5) is 14.1. The Labute approximate surface area is 113 Å². The molecule has 0 fully saturated rings. The van der Waals surface area contributed by atoms with Crippen LogP contribution in [0.1, 0.15) is 11.3 Å². The molecule has 1 N–H and O–H groups in total. The molecule has 0 amide bonds. The van der Waals surface area contributed by atoms with Gasteiger partial charge in [-0.3, -0.25) is 4.79 Å². The van der Waals surface area contributed by atoms with Crippen molar-refractivity contribution in [2.75, 3.05) is 7.11 Å². The lowest BCUT2D eigenvalue weighted by molar-refractivity contribution is 0.372. The number of aromatic nitrogens is 1. The van der Waals surface area contributed by atoms with Crippen LogP contribution in [-0.4, -0.2) is 12.1 Å². The number of methoxy groups -OCH3 is 1. The number of nitrogens with zero attached hydrogens (tertiary/aromatic N) is 1. The number of ether oxygens (including phenoxy) is 1. The third-order valence-corrected chi connectivity index (χ3v) is 2.84. The van der Waals surface area contributed by atoms with E-state index in [1.807, 2.05) is 0 Å². The van der Waals surface area contributed by atoms with Gasteiger partial charge < -0.3 is 9.72 Å². The first kappa shape index (κ1) is 13.7. The largest absolute Gasteiger partial charge is 0.494 e. The van der Waals surface area contributed by atoms with E-state index in [-0.39, 0.29) is 22.4 Å². The first-order valence-electron chi connectivity index (χ1n) is 5.66. The zero-order valence-corrected chi connectivity index (χ0v) is 10.8. The summed E-state index contributed by atoms with van der Waals surface area (Å²) in [6.45, 7) is 1.59. The summed E-state index contributed by atoms with van der Waals surface area (Å²) in [6.07, 6.45) is 0. The van der Waals surface area contributed by atoms with E-state index < -0.39 is 17.2 Å². The SMILES string of the molecule is COc1ccc(-c2cc(C)[nH]c(=O)c2C#N)c(F)c1F. The zero-order chi connectivity index (χ0) is 14.9. The van der Waals surface area contributed by atoms with Gasteiger partial charge in [-0.05, 0) is 25.1 Å². The lowest BCUT2D eigenvalue weighted by Crippen LogP contribution is -2.13. The molecule has 0 aliphatic heterocycles. The smallest absolute Gasteiger partial charge is 0.266 e. The van der Waals surface area contributed by atoms with Gasteiger partial charge in [-0.15, -0.1) is 0 Å². The number of hydrogen-bond acceptors (Lipinski definition) is 3. The fraction of sp³-hybridized carbons (Fsp3) is 0.143. The van der Waals surface area contributed by atoms with Gasteiger partial charge >= 0.3 is 0 Å². The predicted molar refractivity (Wildman–Crippen MR) is 68.4 cm³/mol. The van der Waals surface area contributed by atoms with Gasteiger partial charge in [0.1, 0.15) is 11.6 Å². The highest BCUT2D eigenvalue weighted by atomic mass is 19.2. The summed E-state index contributed by atoms with van der Waals surface area (Å²) in [5.74, 6) is -2.57. The van der Waals surface area contributed by atoms with Gasteiger partial charge in [0.2, 0.25) is 5.82 Å². The molecule has 0 bridgehead atoms. The summed E-state index contributed by atoms with van der Waals surface area (Å²) in [5.41, 5.74) is -0.571. The van der Waals surface area contributed by atoms with E-state index in [1.54, 1.807) is 13.0 Å². The Balaban J connectivity index is 2.79. The van der Waals surface area contributed by atoms with Crippen molar-refractivity contribution < 1.29 is 13.5 Å². The van der Waals surface area contributed by atoms with E-state index in [1.165, 1.54) is 25.3 Å². The molecule has 2 aromatic rings. The molecule has 0 radical (unpaired) electrons. The molecule has 0 aliphatic rings. The van der Waals surface area contributed by atoms with E-state index >= 15 is 0 Å². The molecular weight excluding hydrogens is 266 g/mol. The third-order valence-electron chi connectivity index (χ3n) is 2.84. The van der Waals surface area contributed by atoms with E-state index in [0.717, 1.165) is 0 Å². The maximum Gasteiger partial charge on any atom is 0.266 e. The minimum atomic E-state index is -1.16. The van der Waals surface area contributed by atoms with Gasteiger partial charge in [0.15, 0.2) is 11.6 Å². The van der Waals surface area contributed by atoms with Crippen molar-refractivity contribution in [1.82, 2.24) is 4.98 Å². The second kappa shape index (κ2) is 5.13. The Morgan fingerprint density at radius 2 is 1.95 bits per heavy atom. The summed E-state index contributed by atoms with van der Waals surface area (Å²) in [6, 6.07) is 5.63. The number of aryl methyl sites for hydroxylation is 1. The standard InChI is InChI=1S/C14H10F2N2O2/c1-7-5-9(10(6-17)14(19)18-7)8-3-4-11(20-2)13(16)12(8)15/h3-5H,1-2H3,(H,18,19). The first-order valence-corrected chi connectivity index (χ1v) is 5.66. The van der Waals surface area contributed by atoms with Gasteiger partial charge in [-0.1, -0.05) is 0 Å². The Hall–Kier alpha value is -2.68. The molecule has 0 spiro atoms. The van der Waals surface area contributed by atoms with E-state index in [9.17, 15) is 13.6 Å². The average molecular weight is 276 g/mol. The summed E-state index contributed by atoms with van der Waals surface area (Å²) in [7, 11) is 1.22. The molecule has 2 rings (SSSR count). The van der Waals surface area contributed by atoms with Crippen LogP contribution in [0.3, 0.4) is 0 Å². The van der Waals surface area contributed by atoms with Crippen LogP contribution in [0.15, 0.2) is 23.0 Å². The molecule has 0 atom stereocenters. The quantitative estimate of drug-likeness (QED) is 0.916. The molecular formula is C14H10F2N2O2. The fourth-order valence-corrected chi connectivity index (χ4v) is 1.91. The first-order chi connectivity index (χ1) is 9.49. The van der Waals surface area contributed by atoms with E-state index in [4.69, 9.17) is 5.26 Å². The van der Waals surface area contributed by atoms with Crippen LogP contribution in [0.2, 0.25) is 0 Å². The molecule has 4 nitrogen and oxygen atoms in total. The summed E-state index contributed by atoms with van der Waals surface area (Å²) < 4.78 is 32.4. The van der Waals surface area contributed by atoms with Crippen molar-refractivity contribution in [2.45, 2.75) is 6.92 Å². The summed E-state index contributed by atoms with van der Waals surface area (Å²) >= 11 is 0. The monoisotopic (exact) mass is 276 g/mol. The van der Waals surface area contributed by atoms with E-state index in [2.05, 4.69) is 9.72 Å². The van der Waals surface area contributed by atoms with Crippen molar-refractivity contribution >= 4 is 0 Å². The Kier molecular flexibility index (Phi) is 3.53. The topological polar surface area (TPSA) is 65.9 Å². The second-order valence-electron chi connectivity index (χ2n) is 4.13. The van der Waals surface area contributed by atoms with Crippen molar-refractivity contribution in [3.05, 3.63) is 51.4 Å². The predicted octanol–water partition coefficient (Wildman–Crippen LogP) is 2.51. The third kappa shape index (κ3) is 2.14. The lowest BCUT2D eigenvalue weighted by atomic mass is 10.00. The van der Waals surface area contributed by atoms with Crippen LogP contribution in [-0.2, 0) is 0 Å². The second-order valence-corrected chi connectivity index (χ2v) is 4.13. The highest BCUT2D eigenvalue weighted by molar-refractivity contribution is 5.71. The number of halogens is 2. The summed E-state index contributed by atoms with van der Waals surface area (Å²) in [5, 5.41) is 9.00. The van der Waals surface area contributed by atoms with E-state index in [0.29, 0.717) is 5.69 Å². The molecule has 1 heterocycles. The number of pyridine rings is 1. The Morgan fingerprint density at radius 3 is 2.55 bits per heavy atom. The molecule has 0 aliphatic carbocycles. The average Bonchev–Trinajstić information content (AvgIpc) is 2.41. The van der Waals surface area contributed by atoms with Gasteiger partial charge in [0.05, 0.1) is 7.11 Å². The fourth-order valence-electron chi connectivity index (χ4n) is 1.91. The number of nitrogens with one attached hydrogen (secondary N) is 1. The van der Waals surface area contributed by atoms with Crippen molar-refractivity contribution in [2.24, 2.45) is 0 Å². The molecule has 1 aromatic heterocycles. The van der Waals surface area contributed by atoms with Crippen LogP contribution in [0, 0.1) is 29.9 Å². The van der Waals surface area contributed by atoms with Gasteiger partial charge in [-0.25, -0.2) is 4.39 Å². The molecule has 6 heteroatoms. The molecule has 0 saturated heterocycles. The molecule has 102 valence electrons. The molecule has 0 saturated carbocycles. The minimum Gasteiger partial charge on any atom is -0.494 e. The molecule has 20 heavy (non-hydrogen) atoms. The van der Waals surface area contributed by atoms with Crippen LogP contribution in [0.25, 0.3) is 11.1 Å². The number of benzene rings is 1. The van der Waals surface area contributed by atoms with Gasteiger partial charge in [0.25, 0.3) is 5.56 Å². The van der Waals surface area contributed by atoms with Crippen LogP contribution >= 0.6 is 0 Å². The highest BCUT2D eigenvalue weighted by Gasteiger charge is 2.19. The molecule has 1 aromatic carbocycles. The zero-order valence-electron chi connectivity index (χ0n) is 10.8. The maximum absolute atomic E-state index is 14.0. The van der Waals surface area contributed by atoms with Crippen molar-refractivity contribution in [3.8, 4) is 22.9 Å². The normalized spacial score (nSPS) is 10.2. The van der Waals surface area contributed by atoms with Crippen LogP contribution in [0.5, 0.6) is 5.75 Å². The minimum absolute atomic E-state index is 0.0489. The lowest BCUT2D eigenvalue weighted by Gasteiger charge is -2.09.